The molecule has 1 aliphatic carbocycles. The van der Waals surface area contributed by atoms with Crippen LogP contribution in [0.1, 0.15) is 25.7 Å². The van der Waals surface area contributed by atoms with Gasteiger partial charge < -0.3 is 0 Å². The summed E-state index contributed by atoms with van der Waals surface area (Å²) in [6, 6.07) is 4.78. The molecule has 1 saturated carbocycles. The zero-order valence-corrected chi connectivity index (χ0v) is 14.8. The van der Waals surface area contributed by atoms with E-state index in [9.17, 15) is 8.42 Å². The van der Waals surface area contributed by atoms with Crippen molar-refractivity contribution in [3.8, 4) is 0 Å². The molecule has 1 aliphatic rings. The third-order valence-electron chi connectivity index (χ3n) is 3.16. The molecule has 19 heavy (non-hydrogen) atoms. The van der Waals surface area contributed by atoms with Gasteiger partial charge >= 0.3 is 0 Å². The average Bonchev–Trinajstić information content (AvgIpc) is 2.31. The summed E-state index contributed by atoms with van der Waals surface area (Å²) in [7, 11) is -3.54. The Labute approximate surface area is 135 Å². The third kappa shape index (κ3) is 4.17. The van der Waals surface area contributed by atoms with Gasteiger partial charge in [-0.2, -0.15) is 0 Å². The highest BCUT2D eigenvalue weighted by molar-refractivity contribution is 9.10. The van der Waals surface area contributed by atoms with Crippen molar-refractivity contribution in [3.05, 3.63) is 27.7 Å². The van der Waals surface area contributed by atoms with Crippen LogP contribution in [0.4, 0.5) is 0 Å². The fourth-order valence-electron chi connectivity index (χ4n) is 2.15. The van der Waals surface area contributed by atoms with Crippen LogP contribution >= 0.6 is 43.5 Å². The fourth-order valence-corrected chi connectivity index (χ4v) is 5.02. The number of alkyl halides is 1. The minimum atomic E-state index is -3.54. The van der Waals surface area contributed by atoms with Crippen molar-refractivity contribution >= 4 is 53.5 Å². The molecule has 1 fully saturated rings. The molecule has 0 aliphatic heterocycles. The molecule has 0 amide bonds. The van der Waals surface area contributed by atoms with E-state index in [1.165, 1.54) is 6.07 Å². The lowest BCUT2D eigenvalue weighted by atomic mass is 9.96. The molecule has 1 aromatic carbocycles. The van der Waals surface area contributed by atoms with Gasteiger partial charge in [0.25, 0.3) is 0 Å². The van der Waals surface area contributed by atoms with Crippen LogP contribution in [0.25, 0.3) is 0 Å². The molecular formula is C12H14Br2ClNO2S. The minimum absolute atomic E-state index is 0.00138. The maximum Gasteiger partial charge on any atom is 0.242 e. The van der Waals surface area contributed by atoms with E-state index in [2.05, 4.69) is 36.6 Å². The molecule has 1 N–H and O–H groups in total. The van der Waals surface area contributed by atoms with Crippen molar-refractivity contribution in [3.63, 3.8) is 0 Å². The van der Waals surface area contributed by atoms with Gasteiger partial charge in [-0.3, -0.25) is 0 Å². The van der Waals surface area contributed by atoms with Gasteiger partial charge in [-0.05, 0) is 43.9 Å². The molecule has 3 nitrogen and oxygen atoms in total. The lowest BCUT2D eigenvalue weighted by Gasteiger charge is -2.26. The summed E-state index contributed by atoms with van der Waals surface area (Å²) >= 11 is 12.8. The Morgan fingerprint density at radius 1 is 1.21 bits per heavy atom. The fraction of sp³-hybridized carbons (Fsp3) is 0.500. The summed E-state index contributed by atoms with van der Waals surface area (Å²) in [5.41, 5.74) is 0. The highest BCUT2D eigenvalue weighted by Gasteiger charge is 2.26. The van der Waals surface area contributed by atoms with E-state index in [-0.39, 0.29) is 16.0 Å². The first-order valence-electron chi connectivity index (χ1n) is 6.00. The predicted molar refractivity (Wildman–Crippen MR) is 84.4 cm³/mol. The van der Waals surface area contributed by atoms with Crippen LogP contribution in [-0.4, -0.2) is 19.3 Å². The number of nitrogens with one attached hydrogen (secondary N) is 1. The van der Waals surface area contributed by atoms with E-state index < -0.39 is 10.0 Å². The molecule has 0 heterocycles. The summed E-state index contributed by atoms with van der Waals surface area (Å²) < 4.78 is 28.1. The van der Waals surface area contributed by atoms with E-state index in [0.717, 1.165) is 30.2 Å². The lowest BCUT2D eigenvalue weighted by molar-refractivity contribution is 0.423. The Morgan fingerprint density at radius 2 is 1.84 bits per heavy atom. The summed E-state index contributed by atoms with van der Waals surface area (Å²) in [6.45, 7) is 0. The van der Waals surface area contributed by atoms with E-state index in [0.29, 0.717) is 4.83 Å². The Hall–Kier alpha value is 0.380. The summed E-state index contributed by atoms with van der Waals surface area (Å²) in [5.74, 6) is 0. The molecule has 0 unspecified atom stereocenters. The van der Waals surface area contributed by atoms with Crippen LogP contribution in [0.2, 0.25) is 5.02 Å². The first kappa shape index (κ1) is 15.8. The molecule has 106 valence electrons. The Balaban J connectivity index is 2.14. The van der Waals surface area contributed by atoms with Crippen molar-refractivity contribution in [2.75, 3.05) is 0 Å². The molecule has 0 aromatic heterocycles. The van der Waals surface area contributed by atoms with Gasteiger partial charge in [-0.25, -0.2) is 13.1 Å². The topological polar surface area (TPSA) is 46.2 Å². The number of hydrogen-bond donors (Lipinski definition) is 1. The van der Waals surface area contributed by atoms with Gasteiger partial charge in [-0.1, -0.05) is 43.5 Å². The zero-order valence-electron chi connectivity index (χ0n) is 10.1. The minimum Gasteiger partial charge on any atom is -0.208 e. The highest BCUT2D eigenvalue weighted by Crippen LogP contribution is 2.28. The second kappa shape index (κ2) is 6.43. The van der Waals surface area contributed by atoms with E-state index in [4.69, 9.17) is 11.6 Å². The smallest absolute Gasteiger partial charge is 0.208 e. The van der Waals surface area contributed by atoms with Crippen molar-refractivity contribution in [2.45, 2.75) is 41.4 Å². The standard InChI is InChI=1S/C12H14Br2ClNO2S/c13-8-1-4-10(5-2-8)16-19(17,18)12-6-3-9(14)7-11(12)15/h3,6-8,10,16H,1-2,4-5H2. The SMILES string of the molecule is O=S(=O)(NC1CCC(Br)CC1)c1ccc(Br)cc1Cl. The van der Waals surface area contributed by atoms with Crippen molar-refractivity contribution < 1.29 is 8.42 Å². The summed E-state index contributed by atoms with van der Waals surface area (Å²) in [5, 5.41) is 0.232. The average molecular weight is 432 g/mol. The summed E-state index contributed by atoms with van der Waals surface area (Å²) in [6.07, 6.45) is 3.68. The van der Waals surface area contributed by atoms with Crippen molar-refractivity contribution in [1.82, 2.24) is 4.72 Å². The largest absolute Gasteiger partial charge is 0.242 e. The molecule has 1 aromatic rings. The second-order valence-electron chi connectivity index (χ2n) is 4.64. The van der Waals surface area contributed by atoms with Crippen LogP contribution in [-0.2, 0) is 10.0 Å². The first-order valence-corrected chi connectivity index (χ1v) is 9.57. The number of benzene rings is 1. The molecule has 2 rings (SSSR count). The quantitative estimate of drug-likeness (QED) is 0.733. The van der Waals surface area contributed by atoms with Gasteiger partial charge in [0, 0.05) is 15.3 Å². The summed E-state index contributed by atoms with van der Waals surface area (Å²) in [4.78, 5) is 0.642. The Bertz CT molecular complexity index is 557. The maximum absolute atomic E-state index is 12.3. The van der Waals surface area contributed by atoms with Crippen LogP contribution in [0.3, 0.4) is 0 Å². The van der Waals surface area contributed by atoms with Gasteiger partial charge in [0.05, 0.1) is 5.02 Å². The monoisotopic (exact) mass is 429 g/mol. The number of rotatable bonds is 3. The number of sulfonamides is 1. The molecule has 0 atom stereocenters. The van der Waals surface area contributed by atoms with Crippen LogP contribution < -0.4 is 4.72 Å². The van der Waals surface area contributed by atoms with E-state index >= 15 is 0 Å². The van der Waals surface area contributed by atoms with Crippen LogP contribution in [0, 0.1) is 0 Å². The van der Waals surface area contributed by atoms with Gasteiger partial charge in [-0.15, -0.1) is 0 Å². The van der Waals surface area contributed by atoms with Gasteiger partial charge in [0.2, 0.25) is 10.0 Å². The maximum atomic E-state index is 12.3. The third-order valence-corrected chi connectivity index (χ3v) is 6.57. The molecule has 0 spiro atoms. The van der Waals surface area contributed by atoms with Crippen molar-refractivity contribution in [1.29, 1.82) is 0 Å². The van der Waals surface area contributed by atoms with E-state index in [1.807, 2.05) is 0 Å². The first-order chi connectivity index (χ1) is 8.88. The number of halogens is 3. The normalized spacial score (nSPS) is 24.4. The molecule has 0 bridgehead atoms. The molecular weight excluding hydrogens is 417 g/mol. The molecule has 7 heteroatoms. The zero-order chi connectivity index (χ0) is 14.0. The van der Waals surface area contributed by atoms with E-state index in [1.54, 1.807) is 12.1 Å². The Morgan fingerprint density at radius 3 is 2.42 bits per heavy atom. The number of hydrogen-bond acceptors (Lipinski definition) is 2. The molecule has 0 saturated heterocycles. The van der Waals surface area contributed by atoms with Crippen LogP contribution in [0.5, 0.6) is 0 Å². The van der Waals surface area contributed by atoms with Gasteiger partial charge in [0.15, 0.2) is 0 Å². The highest BCUT2D eigenvalue weighted by atomic mass is 79.9. The Kier molecular flexibility index (Phi) is 5.34. The molecule has 0 radical (unpaired) electrons. The van der Waals surface area contributed by atoms with Crippen LogP contribution in [0.15, 0.2) is 27.6 Å². The lowest BCUT2D eigenvalue weighted by Crippen LogP contribution is -2.37. The van der Waals surface area contributed by atoms with Gasteiger partial charge in [0.1, 0.15) is 4.90 Å². The predicted octanol–water partition coefficient (Wildman–Crippen LogP) is 4.09. The second-order valence-corrected chi connectivity index (χ2v) is 8.95. The van der Waals surface area contributed by atoms with Crippen molar-refractivity contribution in [2.24, 2.45) is 0 Å².